The summed E-state index contributed by atoms with van der Waals surface area (Å²) in [6.45, 7) is 6.67. The maximum absolute atomic E-state index is 12.5. The maximum atomic E-state index is 12.5. The fraction of sp³-hybridized carbons (Fsp3) is 0.778. The van der Waals surface area contributed by atoms with Crippen LogP contribution in [-0.4, -0.2) is 52.2 Å². The number of aromatic nitrogens is 2. The van der Waals surface area contributed by atoms with Crippen molar-refractivity contribution in [1.29, 1.82) is 0 Å². The lowest BCUT2D eigenvalue weighted by molar-refractivity contribution is -0.161. The molecule has 0 saturated carbocycles. The SMILES string of the molecule is CN(C)c1ncc(CN2C3CCC2C(C(=O)OC(C)(C)C)C3)n1C. The molecule has 6 nitrogen and oxygen atoms in total. The molecular formula is C18H30N4O2. The van der Waals surface area contributed by atoms with E-state index in [0.717, 1.165) is 25.3 Å². The standard InChI is InChI=1S/C18H30N4O2/c1-18(2,3)24-16(23)14-9-12-7-8-15(14)22(12)11-13-10-19-17(20(4)5)21(13)6/h10,12,14-15H,7-9,11H2,1-6H3. The van der Waals surface area contributed by atoms with Crippen molar-refractivity contribution in [2.24, 2.45) is 13.0 Å². The molecule has 2 aliphatic rings. The highest BCUT2D eigenvalue weighted by molar-refractivity contribution is 5.74. The van der Waals surface area contributed by atoms with E-state index in [0.29, 0.717) is 12.1 Å². The van der Waals surface area contributed by atoms with E-state index in [-0.39, 0.29) is 11.9 Å². The fourth-order valence-electron chi connectivity index (χ4n) is 4.16. The third kappa shape index (κ3) is 3.16. The second-order valence-corrected chi connectivity index (χ2v) is 8.35. The molecule has 24 heavy (non-hydrogen) atoms. The van der Waals surface area contributed by atoms with Crippen molar-refractivity contribution in [3.05, 3.63) is 11.9 Å². The molecule has 0 aromatic carbocycles. The predicted molar refractivity (Wildman–Crippen MR) is 93.8 cm³/mol. The summed E-state index contributed by atoms with van der Waals surface area (Å²) < 4.78 is 7.78. The molecule has 134 valence electrons. The van der Waals surface area contributed by atoms with E-state index in [1.807, 2.05) is 46.0 Å². The van der Waals surface area contributed by atoms with E-state index < -0.39 is 5.60 Å². The summed E-state index contributed by atoms with van der Waals surface area (Å²) in [4.78, 5) is 21.5. The van der Waals surface area contributed by atoms with Crippen molar-refractivity contribution < 1.29 is 9.53 Å². The van der Waals surface area contributed by atoms with Gasteiger partial charge in [-0.1, -0.05) is 0 Å². The summed E-state index contributed by atoms with van der Waals surface area (Å²) in [5, 5.41) is 0. The van der Waals surface area contributed by atoms with Gasteiger partial charge in [0.15, 0.2) is 0 Å². The van der Waals surface area contributed by atoms with Crippen molar-refractivity contribution in [2.45, 2.75) is 64.3 Å². The molecule has 0 spiro atoms. The number of anilines is 1. The number of rotatable bonds is 4. The molecule has 0 aliphatic carbocycles. The highest BCUT2D eigenvalue weighted by Crippen LogP contribution is 2.43. The minimum atomic E-state index is -0.410. The van der Waals surface area contributed by atoms with Crippen molar-refractivity contribution in [1.82, 2.24) is 14.5 Å². The Balaban J connectivity index is 1.71. The van der Waals surface area contributed by atoms with Gasteiger partial charge < -0.3 is 14.2 Å². The van der Waals surface area contributed by atoms with Crippen LogP contribution in [0.2, 0.25) is 0 Å². The molecule has 2 saturated heterocycles. The van der Waals surface area contributed by atoms with Gasteiger partial charge in [-0.3, -0.25) is 9.69 Å². The van der Waals surface area contributed by atoms with Gasteiger partial charge in [-0.25, -0.2) is 4.98 Å². The molecule has 0 radical (unpaired) electrons. The van der Waals surface area contributed by atoms with E-state index >= 15 is 0 Å². The lowest BCUT2D eigenvalue weighted by Crippen LogP contribution is -2.36. The molecule has 0 amide bonds. The van der Waals surface area contributed by atoms with Crippen molar-refractivity contribution in [3.8, 4) is 0 Å². The van der Waals surface area contributed by atoms with E-state index in [1.54, 1.807) is 0 Å². The Morgan fingerprint density at radius 1 is 1.38 bits per heavy atom. The first-order valence-corrected chi connectivity index (χ1v) is 8.84. The highest BCUT2D eigenvalue weighted by Gasteiger charge is 2.50. The van der Waals surface area contributed by atoms with Crippen molar-refractivity contribution in [3.63, 3.8) is 0 Å². The van der Waals surface area contributed by atoms with Crippen LogP contribution >= 0.6 is 0 Å². The van der Waals surface area contributed by atoms with Gasteiger partial charge in [0.25, 0.3) is 0 Å². The van der Waals surface area contributed by atoms with Crippen LogP contribution in [0.25, 0.3) is 0 Å². The molecule has 6 heteroatoms. The normalized spacial score (nSPS) is 26.8. The summed E-state index contributed by atoms with van der Waals surface area (Å²) in [7, 11) is 6.06. The van der Waals surface area contributed by atoms with Crippen LogP contribution in [0.5, 0.6) is 0 Å². The third-order valence-electron chi connectivity index (χ3n) is 5.20. The highest BCUT2D eigenvalue weighted by atomic mass is 16.6. The summed E-state index contributed by atoms with van der Waals surface area (Å²) in [6, 6.07) is 0.799. The fourth-order valence-corrected chi connectivity index (χ4v) is 4.16. The van der Waals surface area contributed by atoms with E-state index in [2.05, 4.69) is 21.5 Å². The minimum absolute atomic E-state index is 0.0181. The molecule has 3 rings (SSSR count). The molecule has 3 heterocycles. The first-order chi connectivity index (χ1) is 11.2. The molecule has 2 bridgehead atoms. The van der Waals surface area contributed by atoms with Gasteiger partial charge >= 0.3 is 5.97 Å². The monoisotopic (exact) mass is 334 g/mol. The van der Waals surface area contributed by atoms with E-state index in [1.165, 1.54) is 12.1 Å². The first-order valence-electron chi connectivity index (χ1n) is 8.84. The quantitative estimate of drug-likeness (QED) is 0.790. The average molecular weight is 334 g/mol. The summed E-state index contributed by atoms with van der Waals surface area (Å²) in [6.07, 6.45) is 5.16. The Morgan fingerprint density at radius 2 is 2.08 bits per heavy atom. The van der Waals surface area contributed by atoms with Gasteiger partial charge in [0.05, 0.1) is 17.8 Å². The Kier molecular flexibility index (Phi) is 4.36. The number of hydrogen-bond donors (Lipinski definition) is 0. The smallest absolute Gasteiger partial charge is 0.311 e. The van der Waals surface area contributed by atoms with Crippen LogP contribution < -0.4 is 4.90 Å². The predicted octanol–water partition coefficient (Wildman–Crippen LogP) is 2.18. The van der Waals surface area contributed by atoms with Gasteiger partial charge in [-0.2, -0.15) is 0 Å². The first kappa shape index (κ1) is 17.3. The Bertz CT molecular complexity index is 617. The second kappa shape index (κ2) is 6.06. The zero-order valence-electron chi connectivity index (χ0n) is 15.7. The Labute approximate surface area is 144 Å². The van der Waals surface area contributed by atoms with E-state index in [9.17, 15) is 4.79 Å². The van der Waals surface area contributed by atoms with Gasteiger partial charge in [0.2, 0.25) is 5.95 Å². The molecule has 2 aliphatic heterocycles. The summed E-state index contributed by atoms with van der Waals surface area (Å²) >= 11 is 0. The van der Waals surface area contributed by atoms with Crippen molar-refractivity contribution >= 4 is 11.9 Å². The molecule has 3 unspecified atom stereocenters. The molecule has 3 atom stereocenters. The van der Waals surface area contributed by atoms with Gasteiger partial charge in [0.1, 0.15) is 5.60 Å². The number of fused-ring (bicyclic) bond motifs is 2. The van der Waals surface area contributed by atoms with Crippen LogP contribution in [0.3, 0.4) is 0 Å². The van der Waals surface area contributed by atoms with Crippen LogP contribution in [0.1, 0.15) is 45.7 Å². The van der Waals surface area contributed by atoms with Crippen LogP contribution in [-0.2, 0) is 23.1 Å². The number of nitrogens with zero attached hydrogens (tertiary/aromatic N) is 4. The number of carbonyl (C=O) groups is 1. The minimum Gasteiger partial charge on any atom is -0.460 e. The van der Waals surface area contributed by atoms with E-state index in [4.69, 9.17) is 4.74 Å². The van der Waals surface area contributed by atoms with Gasteiger partial charge in [0, 0.05) is 39.8 Å². The number of imidazole rings is 1. The summed E-state index contributed by atoms with van der Waals surface area (Å²) in [5.74, 6) is 0.948. The van der Waals surface area contributed by atoms with Gasteiger partial charge in [-0.15, -0.1) is 0 Å². The lowest BCUT2D eigenvalue weighted by atomic mass is 9.89. The Morgan fingerprint density at radius 3 is 2.67 bits per heavy atom. The molecule has 1 aromatic rings. The van der Waals surface area contributed by atoms with Gasteiger partial charge in [-0.05, 0) is 40.0 Å². The zero-order valence-corrected chi connectivity index (χ0v) is 15.7. The molecule has 0 N–H and O–H groups in total. The maximum Gasteiger partial charge on any atom is 0.311 e. The topological polar surface area (TPSA) is 50.6 Å². The third-order valence-corrected chi connectivity index (χ3v) is 5.20. The number of carbonyl (C=O) groups excluding carboxylic acids is 1. The molecule has 2 fully saturated rings. The number of esters is 1. The van der Waals surface area contributed by atoms with Crippen LogP contribution in [0, 0.1) is 5.92 Å². The number of hydrogen-bond acceptors (Lipinski definition) is 5. The average Bonchev–Trinajstić information content (AvgIpc) is 3.12. The summed E-state index contributed by atoms with van der Waals surface area (Å²) in [5.41, 5.74) is 0.785. The number of ether oxygens (including phenoxy) is 1. The lowest BCUT2D eigenvalue weighted by Gasteiger charge is -2.27. The second-order valence-electron chi connectivity index (χ2n) is 8.35. The molecule has 1 aromatic heterocycles. The zero-order chi connectivity index (χ0) is 17.6. The van der Waals surface area contributed by atoms with Crippen LogP contribution in [0.15, 0.2) is 6.20 Å². The van der Waals surface area contributed by atoms with Crippen LogP contribution in [0.4, 0.5) is 5.95 Å². The van der Waals surface area contributed by atoms with Crippen molar-refractivity contribution in [2.75, 3.05) is 19.0 Å². The Hall–Kier alpha value is -1.56. The largest absolute Gasteiger partial charge is 0.460 e. The molecular weight excluding hydrogens is 304 g/mol.